The Labute approximate surface area is 179 Å². The molecule has 0 aliphatic carbocycles. The van der Waals surface area contributed by atoms with Crippen molar-refractivity contribution < 1.29 is 14.5 Å². The van der Waals surface area contributed by atoms with E-state index in [2.05, 4.69) is 0 Å². The van der Waals surface area contributed by atoms with Crippen LogP contribution in [0.2, 0.25) is 0 Å². The summed E-state index contributed by atoms with van der Waals surface area (Å²) in [5, 5.41) is 11.0. The van der Waals surface area contributed by atoms with Crippen LogP contribution < -0.4 is 4.90 Å². The Morgan fingerprint density at radius 1 is 0.839 bits per heavy atom. The summed E-state index contributed by atoms with van der Waals surface area (Å²) in [6, 6.07) is 24.0. The minimum Gasteiger partial charge on any atom is -0.365 e. The molecule has 4 rings (SSSR count). The zero-order valence-electron chi connectivity index (χ0n) is 16.8. The molecule has 0 saturated carbocycles. The molecule has 1 aliphatic rings. The lowest BCUT2D eigenvalue weighted by Gasteiger charge is -2.21. The highest BCUT2D eigenvalue weighted by Crippen LogP contribution is 2.35. The molecular weight excluding hydrogens is 394 g/mol. The SMILES string of the molecule is CN(Cc1ccccc1)C1=C(c2ccc([N+](=O)[O-])cc2)C(=O)N(c2ccccc2)C1=O. The topological polar surface area (TPSA) is 83.8 Å². The maximum absolute atomic E-state index is 13.4. The van der Waals surface area contributed by atoms with Crippen LogP contribution in [-0.4, -0.2) is 28.7 Å². The van der Waals surface area contributed by atoms with Gasteiger partial charge in [0, 0.05) is 25.7 Å². The minimum absolute atomic E-state index is 0.0831. The monoisotopic (exact) mass is 413 g/mol. The van der Waals surface area contributed by atoms with Gasteiger partial charge in [-0.05, 0) is 35.4 Å². The molecule has 7 heteroatoms. The molecule has 7 nitrogen and oxygen atoms in total. The van der Waals surface area contributed by atoms with Crippen molar-refractivity contribution >= 4 is 28.8 Å². The largest absolute Gasteiger partial charge is 0.365 e. The Bertz CT molecular complexity index is 1170. The van der Waals surface area contributed by atoms with Crippen molar-refractivity contribution in [1.82, 2.24) is 4.90 Å². The number of anilines is 1. The van der Waals surface area contributed by atoms with Gasteiger partial charge < -0.3 is 4.90 Å². The summed E-state index contributed by atoms with van der Waals surface area (Å²) in [7, 11) is 1.76. The number of non-ortho nitro benzene ring substituents is 1. The molecular formula is C24H19N3O4. The van der Waals surface area contributed by atoms with Gasteiger partial charge in [-0.1, -0.05) is 48.5 Å². The van der Waals surface area contributed by atoms with Crippen LogP contribution in [0.5, 0.6) is 0 Å². The highest BCUT2D eigenvalue weighted by Gasteiger charge is 2.41. The molecule has 154 valence electrons. The normalized spacial score (nSPS) is 13.6. The summed E-state index contributed by atoms with van der Waals surface area (Å²) >= 11 is 0. The molecule has 0 bridgehead atoms. The molecule has 0 N–H and O–H groups in total. The molecule has 0 spiro atoms. The van der Waals surface area contributed by atoms with Gasteiger partial charge in [-0.2, -0.15) is 0 Å². The molecule has 0 radical (unpaired) electrons. The first-order valence-electron chi connectivity index (χ1n) is 9.65. The lowest BCUT2D eigenvalue weighted by atomic mass is 10.0. The smallest absolute Gasteiger partial charge is 0.282 e. The van der Waals surface area contributed by atoms with Crippen molar-refractivity contribution in [3.05, 3.63) is 112 Å². The molecule has 2 amide bonds. The van der Waals surface area contributed by atoms with Crippen LogP contribution in [0.25, 0.3) is 5.57 Å². The number of hydrogen-bond acceptors (Lipinski definition) is 5. The molecule has 0 saturated heterocycles. The van der Waals surface area contributed by atoms with Crippen LogP contribution in [-0.2, 0) is 16.1 Å². The summed E-state index contributed by atoms with van der Waals surface area (Å²) in [6.07, 6.45) is 0. The molecule has 0 aromatic heterocycles. The van der Waals surface area contributed by atoms with E-state index in [1.54, 1.807) is 36.2 Å². The van der Waals surface area contributed by atoms with Gasteiger partial charge in [-0.15, -0.1) is 0 Å². The first kappa shape index (κ1) is 20.0. The summed E-state index contributed by atoms with van der Waals surface area (Å²) in [5.41, 5.74) is 2.31. The van der Waals surface area contributed by atoms with E-state index in [1.165, 1.54) is 24.3 Å². The van der Waals surface area contributed by atoms with Gasteiger partial charge in [0.1, 0.15) is 5.70 Å². The molecule has 1 aliphatic heterocycles. The maximum Gasteiger partial charge on any atom is 0.282 e. The number of carbonyl (C=O) groups is 2. The van der Waals surface area contributed by atoms with Crippen LogP contribution in [0, 0.1) is 10.1 Å². The van der Waals surface area contributed by atoms with E-state index >= 15 is 0 Å². The second-order valence-electron chi connectivity index (χ2n) is 7.15. The zero-order valence-corrected chi connectivity index (χ0v) is 16.8. The maximum atomic E-state index is 13.4. The standard InChI is InChI=1S/C24H19N3O4/c1-25(16-17-8-4-2-5-9-17)22-21(18-12-14-20(15-13-18)27(30)31)23(28)26(24(22)29)19-10-6-3-7-11-19/h2-15H,16H2,1H3. The second kappa shape index (κ2) is 8.23. The summed E-state index contributed by atoms with van der Waals surface area (Å²) in [6.45, 7) is 0.425. The quantitative estimate of drug-likeness (QED) is 0.346. The van der Waals surface area contributed by atoms with Gasteiger partial charge in [0.25, 0.3) is 17.5 Å². The minimum atomic E-state index is -0.501. The number of carbonyl (C=O) groups excluding carboxylic acids is 2. The van der Waals surface area contributed by atoms with Crippen LogP contribution >= 0.6 is 0 Å². The third-order valence-corrected chi connectivity index (χ3v) is 5.08. The Kier molecular flexibility index (Phi) is 5.32. The Balaban J connectivity index is 1.80. The fourth-order valence-electron chi connectivity index (χ4n) is 3.63. The van der Waals surface area contributed by atoms with E-state index in [0.29, 0.717) is 17.8 Å². The Morgan fingerprint density at radius 3 is 2.00 bits per heavy atom. The number of benzene rings is 3. The molecule has 3 aromatic carbocycles. The fourth-order valence-corrected chi connectivity index (χ4v) is 3.63. The first-order valence-corrected chi connectivity index (χ1v) is 9.65. The predicted octanol–water partition coefficient (Wildman–Crippen LogP) is 4.01. The van der Waals surface area contributed by atoms with Gasteiger partial charge in [-0.3, -0.25) is 19.7 Å². The van der Waals surface area contributed by atoms with E-state index in [4.69, 9.17) is 0 Å². The average Bonchev–Trinajstić information content (AvgIpc) is 3.05. The molecule has 3 aromatic rings. The number of nitro benzene ring substituents is 1. The number of imide groups is 1. The Hall–Kier alpha value is -4.26. The molecule has 1 heterocycles. The third-order valence-electron chi connectivity index (χ3n) is 5.08. The number of nitro groups is 1. The van der Waals surface area contributed by atoms with Gasteiger partial charge >= 0.3 is 0 Å². The highest BCUT2D eigenvalue weighted by atomic mass is 16.6. The van der Waals surface area contributed by atoms with Crippen molar-refractivity contribution in [2.75, 3.05) is 11.9 Å². The third kappa shape index (κ3) is 3.81. The number of likely N-dealkylation sites (N-methyl/N-ethyl adjacent to an activating group) is 1. The van der Waals surface area contributed by atoms with E-state index in [1.807, 2.05) is 36.4 Å². The predicted molar refractivity (Wildman–Crippen MR) is 117 cm³/mol. The highest BCUT2D eigenvalue weighted by molar-refractivity contribution is 6.45. The van der Waals surface area contributed by atoms with Crippen molar-refractivity contribution in [2.24, 2.45) is 0 Å². The number of amides is 2. The van der Waals surface area contributed by atoms with E-state index in [9.17, 15) is 19.7 Å². The lowest BCUT2D eigenvalue weighted by Crippen LogP contribution is -2.34. The summed E-state index contributed by atoms with van der Waals surface area (Å²) in [4.78, 5) is 40.2. The van der Waals surface area contributed by atoms with Crippen molar-refractivity contribution in [3.63, 3.8) is 0 Å². The van der Waals surface area contributed by atoms with E-state index in [0.717, 1.165) is 10.5 Å². The molecule has 0 fully saturated rings. The van der Waals surface area contributed by atoms with Crippen LogP contribution in [0.15, 0.2) is 90.6 Å². The number of nitrogens with zero attached hydrogens (tertiary/aromatic N) is 3. The fraction of sp³-hybridized carbons (Fsp3) is 0.0833. The average molecular weight is 413 g/mol. The number of hydrogen-bond donors (Lipinski definition) is 0. The summed E-state index contributed by atoms with van der Waals surface area (Å²) < 4.78 is 0. The Morgan fingerprint density at radius 2 is 1.42 bits per heavy atom. The molecule has 0 unspecified atom stereocenters. The van der Waals surface area contributed by atoms with Crippen LogP contribution in [0.4, 0.5) is 11.4 Å². The molecule has 0 atom stereocenters. The van der Waals surface area contributed by atoms with E-state index < -0.39 is 16.7 Å². The van der Waals surface area contributed by atoms with Crippen molar-refractivity contribution in [3.8, 4) is 0 Å². The van der Waals surface area contributed by atoms with Crippen molar-refractivity contribution in [1.29, 1.82) is 0 Å². The van der Waals surface area contributed by atoms with Crippen molar-refractivity contribution in [2.45, 2.75) is 6.54 Å². The lowest BCUT2D eigenvalue weighted by molar-refractivity contribution is -0.384. The summed E-state index contributed by atoms with van der Waals surface area (Å²) in [5.74, 6) is -0.886. The molecule has 31 heavy (non-hydrogen) atoms. The number of rotatable bonds is 6. The van der Waals surface area contributed by atoms with E-state index in [-0.39, 0.29) is 17.0 Å². The van der Waals surface area contributed by atoms with Gasteiger partial charge in [-0.25, -0.2) is 4.90 Å². The zero-order chi connectivity index (χ0) is 22.0. The van der Waals surface area contributed by atoms with Crippen LogP contribution in [0.1, 0.15) is 11.1 Å². The first-order chi connectivity index (χ1) is 15.0. The van der Waals surface area contributed by atoms with Gasteiger partial charge in [0.2, 0.25) is 0 Å². The van der Waals surface area contributed by atoms with Gasteiger partial charge in [0.05, 0.1) is 16.2 Å². The second-order valence-corrected chi connectivity index (χ2v) is 7.15. The van der Waals surface area contributed by atoms with Crippen LogP contribution in [0.3, 0.4) is 0 Å². The number of para-hydroxylation sites is 1. The van der Waals surface area contributed by atoms with Gasteiger partial charge in [0.15, 0.2) is 0 Å².